The number of rotatable bonds is 3. The molecule has 13 heavy (non-hydrogen) atoms. The third kappa shape index (κ3) is 6.86. The van der Waals surface area contributed by atoms with Crippen molar-refractivity contribution < 1.29 is 9.53 Å². The van der Waals surface area contributed by atoms with Gasteiger partial charge in [-0.3, -0.25) is 0 Å². The first kappa shape index (κ1) is 15.2. The number of allylic oxidation sites excluding steroid dienone is 1. The number of likely N-dealkylation sites (N-methyl/N-ethyl adjacent to an activating group) is 1. The van der Waals surface area contributed by atoms with Crippen molar-refractivity contribution in [2.75, 3.05) is 13.7 Å². The molecule has 0 aromatic rings. The Morgan fingerprint density at radius 2 is 2.00 bits per heavy atom. The molecule has 0 atom stereocenters. The molecule has 0 aromatic carbocycles. The highest BCUT2D eigenvalue weighted by molar-refractivity contribution is 14.1. The Bertz CT molecular complexity index is 167. The molecule has 0 aliphatic rings. The highest BCUT2D eigenvalue weighted by Crippen LogP contribution is 2.08. The number of nitrogens with zero attached hydrogens (tertiary/aromatic N) is 1. The van der Waals surface area contributed by atoms with Gasteiger partial charge in [-0.25, -0.2) is 4.79 Å². The van der Waals surface area contributed by atoms with E-state index in [0.29, 0.717) is 12.3 Å². The Hall–Kier alpha value is -0.260. The van der Waals surface area contributed by atoms with Gasteiger partial charge >= 0.3 is 5.97 Å². The van der Waals surface area contributed by atoms with Crippen molar-refractivity contribution >= 4 is 28.8 Å². The van der Waals surface area contributed by atoms with Crippen molar-refractivity contribution in [3.05, 3.63) is 11.8 Å². The zero-order chi connectivity index (χ0) is 10.9. The molecule has 0 aromatic heterocycles. The average Bonchev–Trinajstić information content (AvgIpc) is 2.09. The van der Waals surface area contributed by atoms with Crippen LogP contribution in [0.25, 0.3) is 0 Å². The molecule has 0 saturated carbocycles. The van der Waals surface area contributed by atoms with Gasteiger partial charge in [-0.15, -0.1) is 0 Å². The van der Waals surface area contributed by atoms with Gasteiger partial charge < -0.3 is 7.85 Å². The minimum Gasteiger partial charge on any atom is -0.461 e. The van der Waals surface area contributed by atoms with Gasteiger partial charge in [0.1, 0.15) is 5.70 Å². The summed E-state index contributed by atoms with van der Waals surface area (Å²) < 4.78 is 6.51. The van der Waals surface area contributed by atoms with E-state index in [0.717, 1.165) is 0 Å². The van der Waals surface area contributed by atoms with E-state index in [1.807, 2.05) is 36.7 Å². The zero-order valence-electron chi connectivity index (χ0n) is 8.93. The van der Waals surface area contributed by atoms with E-state index in [9.17, 15) is 4.79 Å². The maximum atomic E-state index is 11.1. The largest absolute Gasteiger partial charge is 0.461 e. The van der Waals surface area contributed by atoms with Crippen LogP contribution in [-0.4, -0.2) is 22.7 Å². The summed E-state index contributed by atoms with van der Waals surface area (Å²) in [6.45, 7) is 8.01. The van der Waals surface area contributed by atoms with Crippen molar-refractivity contribution in [2.24, 2.45) is 0 Å². The minimum absolute atomic E-state index is 0.271. The third-order valence-corrected chi connectivity index (χ3v) is 1.61. The first-order valence-electron chi connectivity index (χ1n) is 4.36. The van der Waals surface area contributed by atoms with Gasteiger partial charge in [0.2, 0.25) is 0 Å². The number of carbonyl (C=O) groups is 1. The number of halogens is 1. The number of hydrogen-bond acceptors (Lipinski definition) is 3. The van der Waals surface area contributed by atoms with Gasteiger partial charge in [0.25, 0.3) is 0 Å². The number of hydrogen-bond donors (Lipinski definition) is 0. The molecule has 4 heteroatoms. The fraction of sp³-hybridized carbons (Fsp3) is 0.667. The van der Waals surface area contributed by atoms with Crippen LogP contribution in [0.3, 0.4) is 0 Å². The Kier molecular flexibility index (Phi) is 11.5. The molecule has 0 N–H and O–H groups in total. The molecular formula is C9H18INO2. The van der Waals surface area contributed by atoms with E-state index >= 15 is 0 Å². The number of esters is 1. The molecular weight excluding hydrogens is 281 g/mol. The van der Waals surface area contributed by atoms with E-state index in [2.05, 4.69) is 0 Å². The molecule has 0 unspecified atom stereocenters. The molecule has 3 nitrogen and oxygen atoms in total. The normalized spacial score (nSPS) is 9.85. The Balaban J connectivity index is 0. The van der Waals surface area contributed by atoms with Crippen LogP contribution >= 0.6 is 22.9 Å². The summed E-state index contributed by atoms with van der Waals surface area (Å²) in [4.78, 5) is 11.1. The second-order valence-electron chi connectivity index (χ2n) is 1.87. The SMILES string of the molecule is C/C=C(/C(=O)OCC)N(C)I.CC. The maximum Gasteiger partial charge on any atom is 0.354 e. The van der Waals surface area contributed by atoms with Crippen LogP contribution in [0.4, 0.5) is 0 Å². The lowest BCUT2D eigenvalue weighted by molar-refractivity contribution is -0.139. The highest BCUT2D eigenvalue weighted by Gasteiger charge is 2.11. The molecule has 0 bridgehead atoms. The monoisotopic (exact) mass is 299 g/mol. The molecule has 78 valence electrons. The lowest BCUT2D eigenvalue weighted by Crippen LogP contribution is -2.16. The summed E-state index contributed by atoms with van der Waals surface area (Å²) in [6.07, 6.45) is 1.73. The van der Waals surface area contributed by atoms with Crippen LogP contribution in [0.15, 0.2) is 11.8 Å². The first-order chi connectivity index (χ1) is 6.13. The Morgan fingerprint density at radius 3 is 2.23 bits per heavy atom. The Morgan fingerprint density at radius 1 is 1.54 bits per heavy atom. The molecule has 0 aliphatic heterocycles. The predicted octanol–water partition coefficient (Wildman–Crippen LogP) is 2.76. The fourth-order valence-electron chi connectivity index (χ4n) is 0.627. The summed E-state index contributed by atoms with van der Waals surface area (Å²) in [5.74, 6) is -0.271. The van der Waals surface area contributed by atoms with E-state index in [4.69, 9.17) is 4.74 Å². The van der Waals surface area contributed by atoms with E-state index < -0.39 is 0 Å². The van der Waals surface area contributed by atoms with E-state index in [1.54, 1.807) is 30.1 Å². The second kappa shape index (κ2) is 9.83. The number of ether oxygens (including phenoxy) is 1. The van der Waals surface area contributed by atoms with Crippen molar-refractivity contribution in [3.8, 4) is 0 Å². The standard InChI is InChI=1S/C7H12INO2.C2H6/c1-4-6(9(3)8)7(10)11-5-2;1-2/h4H,5H2,1-3H3;1-2H3/b6-4-;. The summed E-state index contributed by atoms with van der Waals surface area (Å²) >= 11 is 2.02. The van der Waals surface area contributed by atoms with Crippen LogP contribution in [0.5, 0.6) is 0 Å². The van der Waals surface area contributed by atoms with Crippen LogP contribution in [0, 0.1) is 0 Å². The topological polar surface area (TPSA) is 29.5 Å². The molecule has 0 saturated heterocycles. The summed E-state index contributed by atoms with van der Waals surface area (Å²) in [7, 11) is 1.80. The molecule has 0 amide bonds. The molecule has 0 aliphatic carbocycles. The second-order valence-corrected chi connectivity index (χ2v) is 3.32. The maximum absolute atomic E-state index is 11.1. The average molecular weight is 299 g/mol. The first-order valence-corrected chi connectivity index (χ1v) is 5.32. The number of carbonyl (C=O) groups excluding carboxylic acids is 1. The van der Waals surface area contributed by atoms with Gasteiger partial charge in [-0.1, -0.05) is 19.9 Å². The van der Waals surface area contributed by atoms with Crippen LogP contribution < -0.4 is 0 Å². The lowest BCUT2D eigenvalue weighted by atomic mass is 10.4. The van der Waals surface area contributed by atoms with Gasteiger partial charge in [0.15, 0.2) is 0 Å². The van der Waals surface area contributed by atoms with Crippen LogP contribution in [-0.2, 0) is 9.53 Å². The quantitative estimate of drug-likeness (QED) is 0.347. The van der Waals surface area contributed by atoms with Gasteiger partial charge in [0.05, 0.1) is 29.5 Å². The van der Waals surface area contributed by atoms with Crippen molar-refractivity contribution in [2.45, 2.75) is 27.7 Å². The van der Waals surface area contributed by atoms with Crippen molar-refractivity contribution in [1.29, 1.82) is 0 Å². The van der Waals surface area contributed by atoms with E-state index in [1.165, 1.54) is 0 Å². The summed E-state index contributed by atoms with van der Waals surface area (Å²) in [5.41, 5.74) is 0.576. The molecule has 0 heterocycles. The van der Waals surface area contributed by atoms with E-state index in [-0.39, 0.29) is 5.97 Å². The smallest absolute Gasteiger partial charge is 0.354 e. The van der Waals surface area contributed by atoms with Gasteiger partial charge in [-0.2, -0.15) is 0 Å². The third-order valence-electron chi connectivity index (χ3n) is 1.09. The molecule has 0 rings (SSSR count). The van der Waals surface area contributed by atoms with Crippen LogP contribution in [0.1, 0.15) is 27.7 Å². The summed E-state index contributed by atoms with van der Waals surface area (Å²) in [6, 6.07) is 0. The highest BCUT2D eigenvalue weighted by atomic mass is 127. The lowest BCUT2D eigenvalue weighted by Gasteiger charge is -2.12. The van der Waals surface area contributed by atoms with Crippen LogP contribution in [0.2, 0.25) is 0 Å². The minimum atomic E-state index is -0.271. The van der Waals surface area contributed by atoms with Gasteiger partial charge in [0, 0.05) is 7.05 Å². The molecule has 0 radical (unpaired) electrons. The van der Waals surface area contributed by atoms with Crippen molar-refractivity contribution in [1.82, 2.24) is 3.11 Å². The zero-order valence-corrected chi connectivity index (χ0v) is 11.1. The molecule has 0 fully saturated rings. The predicted molar refractivity (Wildman–Crippen MR) is 63.5 cm³/mol. The Labute approximate surface area is 94.6 Å². The van der Waals surface area contributed by atoms with Crippen molar-refractivity contribution in [3.63, 3.8) is 0 Å². The fourth-order valence-corrected chi connectivity index (χ4v) is 1.10. The summed E-state index contributed by atoms with van der Waals surface area (Å²) in [5, 5.41) is 0. The van der Waals surface area contributed by atoms with Gasteiger partial charge in [-0.05, 0) is 13.8 Å². The molecule has 0 spiro atoms.